The SMILES string of the molecule is CCC(/C=C(\C=N)c1nc(C(C=N)C=NC)cc2ncc(C#N)n12)CC(CC#N)C1CC1. The molecule has 0 radical (unpaired) electrons. The minimum Gasteiger partial charge on any atom is -0.312 e. The van der Waals surface area contributed by atoms with Gasteiger partial charge in [-0.1, -0.05) is 13.0 Å². The predicted octanol–water partition coefficient (Wildman–Crippen LogP) is 4.42. The molecule has 32 heavy (non-hydrogen) atoms. The van der Waals surface area contributed by atoms with Crippen molar-refractivity contribution in [2.24, 2.45) is 22.7 Å². The van der Waals surface area contributed by atoms with E-state index in [-0.39, 0.29) is 5.92 Å². The molecule has 2 heterocycles. The molecule has 164 valence electrons. The fraction of sp³-hybridized carbons (Fsp3) is 0.458. The molecule has 1 fully saturated rings. The zero-order chi connectivity index (χ0) is 23.1. The van der Waals surface area contributed by atoms with Crippen LogP contribution in [0.1, 0.15) is 62.2 Å². The van der Waals surface area contributed by atoms with E-state index in [2.05, 4.69) is 29.0 Å². The van der Waals surface area contributed by atoms with Gasteiger partial charge in [0.05, 0.1) is 23.9 Å². The number of nitrogens with zero attached hydrogens (tertiary/aromatic N) is 6. The van der Waals surface area contributed by atoms with Crippen molar-refractivity contribution in [3.8, 4) is 12.1 Å². The summed E-state index contributed by atoms with van der Waals surface area (Å²) in [6.07, 6.45) is 12.4. The molecule has 1 saturated carbocycles. The van der Waals surface area contributed by atoms with Gasteiger partial charge in [0.25, 0.3) is 0 Å². The number of nitriles is 2. The second kappa shape index (κ2) is 10.6. The van der Waals surface area contributed by atoms with Crippen molar-refractivity contribution in [3.05, 3.63) is 35.6 Å². The molecular weight excluding hydrogens is 400 g/mol. The van der Waals surface area contributed by atoms with Crippen molar-refractivity contribution < 1.29 is 0 Å². The van der Waals surface area contributed by atoms with Gasteiger partial charge in [0.15, 0.2) is 0 Å². The Hall–Kier alpha value is -3.65. The topological polar surface area (TPSA) is 138 Å². The van der Waals surface area contributed by atoms with E-state index in [4.69, 9.17) is 15.8 Å². The zero-order valence-electron chi connectivity index (χ0n) is 18.5. The van der Waals surface area contributed by atoms with Crippen LogP contribution in [0.5, 0.6) is 0 Å². The van der Waals surface area contributed by atoms with E-state index in [0.717, 1.165) is 12.8 Å². The number of fused-ring (bicyclic) bond motifs is 1. The van der Waals surface area contributed by atoms with Crippen LogP contribution in [0.25, 0.3) is 11.2 Å². The number of rotatable bonds is 11. The smallest absolute Gasteiger partial charge is 0.148 e. The number of imidazole rings is 1. The average molecular weight is 429 g/mol. The molecule has 0 aromatic carbocycles. The Bertz CT molecular complexity index is 1120. The summed E-state index contributed by atoms with van der Waals surface area (Å²) in [5.41, 5.74) is 2.07. The van der Waals surface area contributed by atoms with Crippen LogP contribution in [0.3, 0.4) is 0 Å². The Morgan fingerprint density at radius 2 is 2.16 bits per heavy atom. The molecule has 0 aliphatic heterocycles. The maximum absolute atomic E-state index is 9.58. The van der Waals surface area contributed by atoms with Crippen LogP contribution in [0.2, 0.25) is 0 Å². The Kier molecular flexibility index (Phi) is 7.62. The number of nitrogens with one attached hydrogen (secondary N) is 2. The normalized spacial score (nSPS) is 16.9. The van der Waals surface area contributed by atoms with Crippen LogP contribution in [0.15, 0.2) is 23.3 Å². The van der Waals surface area contributed by atoms with Crippen molar-refractivity contribution >= 4 is 29.9 Å². The number of aliphatic imine (C=N–C) groups is 1. The monoisotopic (exact) mass is 428 g/mol. The van der Waals surface area contributed by atoms with E-state index in [1.807, 2.05) is 6.08 Å². The first-order valence-corrected chi connectivity index (χ1v) is 10.9. The molecular formula is C24H28N8. The van der Waals surface area contributed by atoms with Crippen molar-refractivity contribution in [1.29, 1.82) is 21.3 Å². The second-order valence-electron chi connectivity index (χ2n) is 8.18. The Morgan fingerprint density at radius 3 is 2.72 bits per heavy atom. The molecule has 0 spiro atoms. The first-order chi connectivity index (χ1) is 15.6. The molecule has 3 atom stereocenters. The second-order valence-corrected chi connectivity index (χ2v) is 8.18. The largest absolute Gasteiger partial charge is 0.312 e. The van der Waals surface area contributed by atoms with Gasteiger partial charge in [-0.25, -0.2) is 9.97 Å². The molecule has 2 aromatic rings. The molecule has 1 aliphatic rings. The van der Waals surface area contributed by atoms with Crippen LogP contribution in [0.4, 0.5) is 0 Å². The van der Waals surface area contributed by atoms with E-state index in [1.54, 1.807) is 23.7 Å². The first-order valence-electron chi connectivity index (χ1n) is 10.9. The van der Waals surface area contributed by atoms with Gasteiger partial charge in [-0.3, -0.25) is 9.39 Å². The fourth-order valence-electron chi connectivity index (χ4n) is 4.15. The van der Waals surface area contributed by atoms with Crippen LogP contribution in [-0.4, -0.2) is 40.1 Å². The van der Waals surface area contributed by atoms with Gasteiger partial charge in [0.1, 0.15) is 23.2 Å². The van der Waals surface area contributed by atoms with Crippen molar-refractivity contribution in [1.82, 2.24) is 14.4 Å². The summed E-state index contributed by atoms with van der Waals surface area (Å²) in [4.78, 5) is 13.1. The predicted molar refractivity (Wildman–Crippen MR) is 125 cm³/mol. The van der Waals surface area contributed by atoms with Crippen molar-refractivity contribution in [2.45, 2.75) is 44.9 Å². The molecule has 3 unspecified atom stereocenters. The molecule has 8 nitrogen and oxygen atoms in total. The van der Waals surface area contributed by atoms with Gasteiger partial charge in [-0.15, -0.1) is 0 Å². The Morgan fingerprint density at radius 1 is 1.38 bits per heavy atom. The first kappa shape index (κ1) is 23.0. The van der Waals surface area contributed by atoms with Crippen LogP contribution >= 0.6 is 0 Å². The van der Waals surface area contributed by atoms with E-state index in [9.17, 15) is 10.5 Å². The minimum atomic E-state index is -0.421. The molecule has 2 aromatic heterocycles. The number of aromatic nitrogens is 3. The molecule has 0 saturated heterocycles. The van der Waals surface area contributed by atoms with E-state index in [0.29, 0.717) is 46.7 Å². The quantitative estimate of drug-likeness (QED) is 0.511. The zero-order valence-corrected chi connectivity index (χ0v) is 18.5. The van der Waals surface area contributed by atoms with Crippen molar-refractivity contribution in [3.63, 3.8) is 0 Å². The van der Waals surface area contributed by atoms with Crippen LogP contribution < -0.4 is 0 Å². The van der Waals surface area contributed by atoms with Gasteiger partial charge < -0.3 is 10.8 Å². The third-order valence-corrected chi connectivity index (χ3v) is 6.06. The van der Waals surface area contributed by atoms with Crippen LogP contribution in [-0.2, 0) is 0 Å². The summed E-state index contributed by atoms with van der Waals surface area (Å²) < 4.78 is 1.66. The summed E-state index contributed by atoms with van der Waals surface area (Å²) in [5, 5.41) is 34.7. The molecule has 0 bridgehead atoms. The van der Waals surface area contributed by atoms with E-state index >= 15 is 0 Å². The van der Waals surface area contributed by atoms with Gasteiger partial charge in [-0.2, -0.15) is 10.5 Å². The minimum absolute atomic E-state index is 0.191. The summed E-state index contributed by atoms with van der Waals surface area (Å²) in [6, 6.07) is 6.23. The maximum atomic E-state index is 9.58. The summed E-state index contributed by atoms with van der Waals surface area (Å²) >= 11 is 0. The van der Waals surface area contributed by atoms with E-state index < -0.39 is 5.92 Å². The van der Waals surface area contributed by atoms with Gasteiger partial charge in [-0.05, 0) is 43.4 Å². The lowest BCUT2D eigenvalue weighted by atomic mass is 9.86. The average Bonchev–Trinajstić information content (AvgIpc) is 3.58. The van der Waals surface area contributed by atoms with Gasteiger partial charge >= 0.3 is 0 Å². The highest BCUT2D eigenvalue weighted by Crippen LogP contribution is 2.42. The number of allylic oxidation sites excluding steroid dienone is 2. The highest BCUT2D eigenvalue weighted by atomic mass is 15.1. The fourth-order valence-corrected chi connectivity index (χ4v) is 4.15. The summed E-state index contributed by atoms with van der Waals surface area (Å²) in [6.45, 7) is 2.11. The lowest BCUT2D eigenvalue weighted by molar-refractivity contribution is 0.374. The van der Waals surface area contributed by atoms with Crippen LogP contribution in [0, 0.1) is 51.2 Å². The Balaban J connectivity index is 2.09. The van der Waals surface area contributed by atoms with Crippen molar-refractivity contribution in [2.75, 3.05) is 7.05 Å². The lowest BCUT2D eigenvalue weighted by Gasteiger charge is -2.19. The molecule has 0 amide bonds. The highest BCUT2D eigenvalue weighted by Gasteiger charge is 2.32. The highest BCUT2D eigenvalue weighted by molar-refractivity contribution is 6.07. The number of hydrogen-bond donors (Lipinski definition) is 2. The van der Waals surface area contributed by atoms with Gasteiger partial charge in [0, 0.05) is 43.8 Å². The van der Waals surface area contributed by atoms with E-state index in [1.165, 1.54) is 31.5 Å². The maximum Gasteiger partial charge on any atom is 0.148 e. The number of hydrogen-bond acceptors (Lipinski definition) is 7. The molecule has 3 rings (SSSR count). The Labute approximate surface area is 188 Å². The third-order valence-electron chi connectivity index (χ3n) is 6.06. The summed E-state index contributed by atoms with van der Waals surface area (Å²) in [5.74, 6) is 1.23. The lowest BCUT2D eigenvalue weighted by Crippen LogP contribution is -2.13. The molecule has 2 N–H and O–H groups in total. The summed E-state index contributed by atoms with van der Waals surface area (Å²) in [7, 11) is 1.64. The molecule has 8 heteroatoms. The molecule has 1 aliphatic carbocycles. The third kappa shape index (κ3) is 4.97. The van der Waals surface area contributed by atoms with Gasteiger partial charge in [0.2, 0.25) is 0 Å². The standard InChI is InChI=1S/C24H28N8/c1-3-16(8-18(6-7-25)17-4-5-17)9-19(11-26)24-31-22(20(12-27)14-29-2)10-23-30-15-21(13-28)32(23)24/h9-12,14-18,20,26-27H,3-6,8H2,1-2H3/b19-9+,26-11?,27-12?,29-14?.